The number of rotatable bonds is 10. The topological polar surface area (TPSA) is 87.7 Å². The number of guanidine groups is 1. The van der Waals surface area contributed by atoms with E-state index in [-0.39, 0.29) is 12.5 Å². The number of nitrogens with zero attached hydrogens (tertiary/aromatic N) is 3. The lowest BCUT2D eigenvalue weighted by Gasteiger charge is -2.26. The minimum absolute atomic E-state index is 0.0140. The molecule has 168 valence electrons. The maximum Gasteiger partial charge on any atom is 0.241 e. The fraction of sp³-hybridized carbons (Fsp3) is 0.619. The molecule has 1 heterocycles. The SMILES string of the molecule is COc1ccc(CN=C(NCCCN2CCOCC2)NCC(=O)N(C)C)c(OC)c1. The second-order valence-electron chi connectivity index (χ2n) is 7.22. The first-order valence-corrected chi connectivity index (χ1v) is 10.3. The molecule has 0 bridgehead atoms. The van der Waals surface area contributed by atoms with Crippen molar-refractivity contribution in [3.8, 4) is 11.5 Å². The molecule has 1 saturated heterocycles. The molecule has 0 aromatic heterocycles. The van der Waals surface area contributed by atoms with Crippen LogP contribution >= 0.6 is 0 Å². The lowest BCUT2D eigenvalue weighted by molar-refractivity contribution is -0.127. The summed E-state index contributed by atoms with van der Waals surface area (Å²) >= 11 is 0. The van der Waals surface area contributed by atoms with E-state index < -0.39 is 0 Å². The summed E-state index contributed by atoms with van der Waals surface area (Å²) in [6.07, 6.45) is 0.980. The number of benzene rings is 1. The van der Waals surface area contributed by atoms with Crippen LogP contribution in [0.25, 0.3) is 0 Å². The van der Waals surface area contributed by atoms with Gasteiger partial charge in [-0.1, -0.05) is 0 Å². The van der Waals surface area contributed by atoms with Gasteiger partial charge in [-0.25, -0.2) is 4.99 Å². The summed E-state index contributed by atoms with van der Waals surface area (Å²) in [7, 11) is 6.72. The monoisotopic (exact) mass is 421 g/mol. The molecule has 9 nitrogen and oxygen atoms in total. The lowest BCUT2D eigenvalue weighted by Crippen LogP contribution is -2.44. The quantitative estimate of drug-likeness (QED) is 0.324. The van der Waals surface area contributed by atoms with Gasteiger partial charge < -0.3 is 29.7 Å². The van der Waals surface area contributed by atoms with Crippen molar-refractivity contribution in [3.05, 3.63) is 23.8 Å². The Kier molecular flexibility index (Phi) is 10.2. The summed E-state index contributed by atoms with van der Waals surface area (Å²) in [4.78, 5) is 20.5. The highest BCUT2D eigenvalue weighted by Crippen LogP contribution is 2.25. The summed E-state index contributed by atoms with van der Waals surface area (Å²) in [6.45, 7) is 5.94. The number of morpholine rings is 1. The molecule has 0 saturated carbocycles. The predicted octanol–water partition coefficient (Wildman–Crippen LogP) is 0.550. The van der Waals surface area contributed by atoms with Crippen LogP contribution in [-0.4, -0.2) is 95.9 Å². The zero-order chi connectivity index (χ0) is 21.8. The number of hydrogen-bond donors (Lipinski definition) is 2. The molecule has 0 radical (unpaired) electrons. The normalized spacial score (nSPS) is 14.9. The average Bonchev–Trinajstić information content (AvgIpc) is 2.78. The molecule has 1 aromatic carbocycles. The van der Waals surface area contributed by atoms with Gasteiger partial charge in [0, 0.05) is 45.4 Å². The summed E-state index contributed by atoms with van der Waals surface area (Å²) in [5.74, 6) is 2.04. The number of methoxy groups -OCH3 is 2. The van der Waals surface area contributed by atoms with E-state index in [0.29, 0.717) is 18.3 Å². The maximum absolute atomic E-state index is 12.0. The van der Waals surface area contributed by atoms with Gasteiger partial charge in [0.1, 0.15) is 11.5 Å². The molecule has 0 atom stereocenters. The van der Waals surface area contributed by atoms with E-state index in [1.54, 1.807) is 33.2 Å². The van der Waals surface area contributed by atoms with Gasteiger partial charge in [-0.3, -0.25) is 9.69 Å². The standard InChI is InChI=1S/C21H35N5O4/c1-25(2)20(27)16-24-21(22-8-5-9-26-10-12-30-13-11-26)23-15-17-6-7-18(28-3)14-19(17)29-4/h6-7,14H,5,8-13,15-16H2,1-4H3,(H2,22,23,24). The van der Waals surface area contributed by atoms with Gasteiger partial charge >= 0.3 is 0 Å². The number of carbonyl (C=O) groups excluding carboxylic acids is 1. The lowest BCUT2D eigenvalue weighted by atomic mass is 10.2. The van der Waals surface area contributed by atoms with Crippen LogP contribution in [0.15, 0.2) is 23.2 Å². The van der Waals surface area contributed by atoms with E-state index >= 15 is 0 Å². The van der Waals surface area contributed by atoms with Gasteiger partial charge in [0.15, 0.2) is 5.96 Å². The minimum atomic E-state index is -0.0140. The molecule has 0 unspecified atom stereocenters. The fourth-order valence-corrected chi connectivity index (χ4v) is 2.97. The Morgan fingerprint density at radius 2 is 1.97 bits per heavy atom. The van der Waals surface area contributed by atoms with E-state index in [1.807, 2.05) is 18.2 Å². The van der Waals surface area contributed by atoms with Crippen LogP contribution in [0.4, 0.5) is 0 Å². The van der Waals surface area contributed by atoms with Crippen molar-refractivity contribution in [2.75, 3.05) is 74.3 Å². The zero-order valence-corrected chi connectivity index (χ0v) is 18.6. The Bertz CT molecular complexity index is 690. The first-order chi connectivity index (χ1) is 14.5. The van der Waals surface area contributed by atoms with Crippen molar-refractivity contribution in [2.24, 2.45) is 4.99 Å². The molecule has 0 aliphatic carbocycles. The molecular weight excluding hydrogens is 386 g/mol. The molecule has 1 aromatic rings. The molecular formula is C21H35N5O4. The third-order valence-electron chi connectivity index (χ3n) is 4.85. The summed E-state index contributed by atoms with van der Waals surface area (Å²) in [5.41, 5.74) is 0.937. The Morgan fingerprint density at radius 3 is 2.63 bits per heavy atom. The molecule has 0 spiro atoms. The van der Waals surface area contributed by atoms with Crippen molar-refractivity contribution in [1.29, 1.82) is 0 Å². The molecule has 1 fully saturated rings. The van der Waals surface area contributed by atoms with E-state index in [1.165, 1.54) is 0 Å². The average molecular weight is 422 g/mol. The molecule has 9 heteroatoms. The van der Waals surface area contributed by atoms with Gasteiger partial charge in [-0.2, -0.15) is 0 Å². The molecule has 2 N–H and O–H groups in total. The summed E-state index contributed by atoms with van der Waals surface area (Å²) < 4.78 is 16.1. The van der Waals surface area contributed by atoms with Crippen LogP contribution in [0, 0.1) is 0 Å². The third-order valence-corrected chi connectivity index (χ3v) is 4.85. The molecule has 30 heavy (non-hydrogen) atoms. The van der Waals surface area contributed by atoms with Crippen LogP contribution < -0.4 is 20.1 Å². The van der Waals surface area contributed by atoms with Gasteiger partial charge in [0.2, 0.25) is 5.91 Å². The Labute approximate surface area is 179 Å². The number of hydrogen-bond acceptors (Lipinski definition) is 6. The highest BCUT2D eigenvalue weighted by atomic mass is 16.5. The van der Waals surface area contributed by atoms with Gasteiger partial charge in [0.25, 0.3) is 0 Å². The van der Waals surface area contributed by atoms with Crippen molar-refractivity contribution >= 4 is 11.9 Å². The second kappa shape index (κ2) is 12.9. The Morgan fingerprint density at radius 1 is 1.20 bits per heavy atom. The molecule has 1 aliphatic heterocycles. The second-order valence-corrected chi connectivity index (χ2v) is 7.22. The fourth-order valence-electron chi connectivity index (χ4n) is 2.97. The zero-order valence-electron chi connectivity index (χ0n) is 18.6. The highest BCUT2D eigenvalue weighted by molar-refractivity contribution is 5.86. The summed E-state index contributed by atoms with van der Waals surface area (Å²) in [5, 5.41) is 6.45. The molecule has 2 rings (SSSR count). The van der Waals surface area contributed by atoms with Crippen LogP contribution in [0.3, 0.4) is 0 Å². The smallest absolute Gasteiger partial charge is 0.241 e. The highest BCUT2D eigenvalue weighted by Gasteiger charge is 2.11. The molecule has 1 aliphatic rings. The van der Waals surface area contributed by atoms with Gasteiger partial charge in [-0.15, -0.1) is 0 Å². The van der Waals surface area contributed by atoms with Crippen LogP contribution in [0.5, 0.6) is 11.5 Å². The first-order valence-electron chi connectivity index (χ1n) is 10.3. The number of carbonyl (C=O) groups is 1. The largest absolute Gasteiger partial charge is 0.497 e. The number of likely N-dealkylation sites (N-methyl/N-ethyl adjacent to an activating group) is 1. The predicted molar refractivity (Wildman–Crippen MR) is 117 cm³/mol. The first kappa shape index (κ1) is 23.8. The van der Waals surface area contributed by atoms with Crippen LogP contribution in [0.2, 0.25) is 0 Å². The Balaban J connectivity index is 1.94. The van der Waals surface area contributed by atoms with Gasteiger partial charge in [0.05, 0.1) is 40.5 Å². The number of ether oxygens (including phenoxy) is 3. The minimum Gasteiger partial charge on any atom is -0.497 e. The molecule has 1 amide bonds. The number of amides is 1. The van der Waals surface area contributed by atoms with E-state index in [4.69, 9.17) is 14.2 Å². The Hall–Kier alpha value is -2.52. The third kappa shape index (κ3) is 8.08. The number of aliphatic imine (C=N–C) groups is 1. The van der Waals surface area contributed by atoms with Crippen LogP contribution in [0.1, 0.15) is 12.0 Å². The van der Waals surface area contributed by atoms with Crippen LogP contribution in [-0.2, 0) is 16.1 Å². The van der Waals surface area contributed by atoms with E-state index in [0.717, 1.165) is 57.1 Å². The van der Waals surface area contributed by atoms with Crippen molar-refractivity contribution in [1.82, 2.24) is 20.4 Å². The van der Waals surface area contributed by atoms with Gasteiger partial charge in [-0.05, 0) is 25.1 Å². The van der Waals surface area contributed by atoms with Crippen molar-refractivity contribution in [2.45, 2.75) is 13.0 Å². The number of nitrogens with one attached hydrogen (secondary N) is 2. The summed E-state index contributed by atoms with van der Waals surface area (Å²) in [6, 6.07) is 5.65. The van der Waals surface area contributed by atoms with Crippen molar-refractivity contribution < 1.29 is 19.0 Å². The van der Waals surface area contributed by atoms with Crippen molar-refractivity contribution in [3.63, 3.8) is 0 Å². The van der Waals surface area contributed by atoms with E-state index in [2.05, 4.69) is 20.5 Å². The maximum atomic E-state index is 12.0. The van der Waals surface area contributed by atoms with E-state index in [9.17, 15) is 4.79 Å².